The van der Waals surface area contributed by atoms with Crippen molar-refractivity contribution in [3.8, 4) is 0 Å². The third-order valence-corrected chi connectivity index (χ3v) is 4.61. The van der Waals surface area contributed by atoms with Crippen molar-refractivity contribution >= 4 is 55.1 Å². The maximum absolute atomic E-state index is 6.26. The van der Waals surface area contributed by atoms with Crippen molar-refractivity contribution in [1.82, 2.24) is 0 Å². The zero-order valence-corrected chi connectivity index (χ0v) is 14.5. The first-order valence-corrected chi connectivity index (χ1v) is 7.96. The average Bonchev–Trinajstić information content (AvgIpc) is 2.35. The van der Waals surface area contributed by atoms with Crippen molar-refractivity contribution in [2.24, 2.45) is 5.73 Å². The minimum atomic E-state index is -0.134. The topological polar surface area (TPSA) is 26.0 Å². The van der Waals surface area contributed by atoms with E-state index in [-0.39, 0.29) is 6.04 Å². The zero-order valence-electron chi connectivity index (χ0n) is 9.84. The molecule has 0 aromatic heterocycles. The molecule has 100 valence electrons. The minimum Gasteiger partial charge on any atom is -0.324 e. The molecule has 0 aliphatic carbocycles. The molecule has 0 spiro atoms. The van der Waals surface area contributed by atoms with Crippen LogP contribution in [0, 0.1) is 0 Å². The second-order valence-electron chi connectivity index (χ2n) is 4.21. The van der Waals surface area contributed by atoms with Gasteiger partial charge in [-0.05, 0) is 47.9 Å². The van der Waals surface area contributed by atoms with Crippen LogP contribution in [0.4, 0.5) is 0 Å². The van der Waals surface area contributed by atoms with E-state index in [2.05, 4.69) is 31.9 Å². The first kappa shape index (κ1) is 15.3. The quantitative estimate of drug-likeness (QED) is 0.667. The summed E-state index contributed by atoms with van der Waals surface area (Å²) < 4.78 is 2.00. The number of halogens is 4. The standard InChI is InChI=1S/C14H11Br2Cl2N/c15-9-2-4-12(16)11(6-9)14(19)5-8-1-3-10(17)7-13(8)18/h1-4,6-7,14H,5,19H2. The van der Waals surface area contributed by atoms with E-state index < -0.39 is 0 Å². The number of benzene rings is 2. The van der Waals surface area contributed by atoms with E-state index in [0.717, 1.165) is 20.1 Å². The lowest BCUT2D eigenvalue weighted by atomic mass is 10.00. The number of hydrogen-bond acceptors (Lipinski definition) is 1. The molecule has 0 aliphatic rings. The molecule has 0 bridgehead atoms. The lowest BCUT2D eigenvalue weighted by molar-refractivity contribution is 0.718. The molecule has 0 radical (unpaired) electrons. The molecular weight excluding hydrogens is 413 g/mol. The van der Waals surface area contributed by atoms with Gasteiger partial charge in [-0.2, -0.15) is 0 Å². The minimum absolute atomic E-state index is 0.134. The van der Waals surface area contributed by atoms with Gasteiger partial charge in [-0.25, -0.2) is 0 Å². The molecule has 0 saturated carbocycles. The van der Waals surface area contributed by atoms with Gasteiger partial charge in [0.25, 0.3) is 0 Å². The Hall–Kier alpha value is -0.0600. The monoisotopic (exact) mass is 421 g/mol. The molecule has 0 amide bonds. The number of nitrogens with two attached hydrogens (primary N) is 1. The highest BCUT2D eigenvalue weighted by Gasteiger charge is 2.13. The van der Waals surface area contributed by atoms with Crippen LogP contribution in [0.2, 0.25) is 10.0 Å². The largest absolute Gasteiger partial charge is 0.324 e. The van der Waals surface area contributed by atoms with Gasteiger partial charge < -0.3 is 5.73 Å². The van der Waals surface area contributed by atoms with Crippen molar-refractivity contribution < 1.29 is 0 Å². The third-order valence-electron chi connectivity index (χ3n) is 2.81. The molecule has 2 N–H and O–H groups in total. The fraction of sp³-hybridized carbons (Fsp3) is 0.143. The van der Waals surface area contributed by atoms with E-state index >= 15 is 0 Å². The first-order valence-electron chi connectivity index (χ1n) is 5.62. The molecular formula is C14H11Br2Cl2N. The summed E-state index contributed by atoms with van der Waals surface area (Å²) in [4.78, 5) is 0. The Morgan fingerprint density at radius 1 is 1.05 bits per heavy atom. The molecule has 0 heterocycles. The van der Waals surface area contributed by atoms with Crippen LogP contribution < -0.4 is 5.73 Å². The fourth-order valence-corrected chi connectivity index (χ4v) is 3.24. The molecule has 5 heteroatoms. The van der Waals surface area contributed by atoms with Crippen LogP contribution in [0.3, 0.4) is 0 Å². The lowest BCUT2D eigenvalue weighted by Gasteiger charge is -2.15. The Morgan fingerprint density at radius 2 is 1.79 bits per heavy atom. The fourth-order valence-electron chi connectivity index (χ4n) is 1.83. The predicted molar refractivity (Wildman–Crippen MR) is 88.9 cm³/mol. The summed E-state index contributed by atoms with van der Waals surface area (Å²) >= 11 is 19.0. The van der Waals surface area contributed by atoms with Gasteiger partial charge in [0.15, 0.2) is 0 Å². The van der Waals surface area contributed by atoms with Gasteiger partial charge in [0.05, 0.1) is 0 Å². The maximum Gasteiger partial charge on any atom is 0.0453 e. The summed E-state index contributed by atoms with van der Waals surface area (Å²) in [6.07, 6.45) is 0.658. The Kier molecular flexibility index (Phi) is 5.32. The average molecular weight is 424 g/mol. The van der Waals surface area contributed by atoms with Crippen LogP contribution >= 0.6 is 55.1 Å². The van der Waals surface area contributed by atoms with Crippen molar-refractivity contribution in [3.05, 3.63) is 66.5 Å². The van der Waals surface area contributed by atoms with Gasteiger partial charge in [0, 0.05) is 25.0 Å². The summed E-state index contributed by atoms with van der Waals surface area (Å²) in [5, 5.41) is 1.28. The summed E-state index contributed by atoms with van der Waals surface area (Å²) in [6, 6.07) is 11.3. The number of hydrogen-bond donors (Lipinski definition) is 1. The zero-order chi connectivity index (χ0) is 14.0. The first-order chi connectivity index (χ1) is 8.97. The van der Waals surface area contributed by atoms with Gasteiger partial charge in [-0.15, -0.1) is 0 Å². The third kappa shape index (κ3) is 3.96. The molecule has 1 nitrogen and oxygen atoms in total. The molecule has 0 aliphatic heterocycles. The van der Waals surface area contributed by atoms with Crippen molar-refractivity contribution in [3.63, 3.8) is 0 Å². The van der Waals surface area contributed by atoms with Crippen LogP contribution in [-0.2, 0) is 6.42 Å². The highest BCUT2D eigenvalue weighted by Crippen LogP contribution is 2.30. The predicted octanol–water partition coefficient (Wildman–Crippen LogP) is 5.76. The molecule has 0 saturated heterocycles. The maximum atomic E-state index is 6.26. The lowest BCUT2D eigenvalue weighted by Crippen LogP contribution is -2.14. The Bertz CT molecular complexity index is 602. The van der Waals surface area contributed by atoms with Crippen LogP contribution in [0.5, 0.6) is 0 Å². The highest BCUT2D eigenvalue weighted by atomic mass is 79.9. The molecule has 1 atom stereocenters. The van der Waals surface area contributed by atoms with Gasteiger partial charge in [0.2, 0.25) is 0 Å². The highest BCUT2D eigenvalue weighted by molar-refractivity contribution is 9.11. The van der Waals surface area contributed by atoms with Gasteiger partial charge in [0.1, 0.15) is 0 Å². The van der Waals surface area contributed by atoms with E-state index in [1.54, 1.807) is 6.07 Å². The van der Waals surface area contributed by atoms with E-state index in [4.69, 9.17) is 28.9 Å². The van der Waals surface area contributed by atoms with Crippen molar-refractivity contribution in [2.75, 3.05) is 0 Å². The van der Waals surface area contributed by atoms with Crippen molar-refractivity contribution in [2.45, 2.75) is 12.5 Å². The summed E-state index contributed by atoms with van der Waals surface area (Å²) in [7, 11) is 0. The molecule has 2 aromatic carbocycles. The van der Waals surface area contributed by atoms with Crippen LogP contribution in [0.25, 0.3) is 0 Å². The molecule has 19 heavy (non-hydrogen) atoms. The van der Waals surface area contributed by atoms with Crippen LogP contribution in [-0.4, -0.2) is 0 Å². The molecule has 2 rings (SSSR count). The summed E-state index contributed by atoms with van der Waals surface area (Å²) in [6.45, 7) is 0. The number of rotatable bonds is 3. The second kappa shape index (κ2) is 6.59. The summed E-state index contributed by atoms with van der Waals surface area (Å²) in [5.41, 5.74) is 8.29. The molecule has 2 aromatic rings. The SMILES string of the molecule is NC(Cc1ccc(Cl)cc1Cl)c1cc(Br)ccc1Br. The smallest absolute Gasteiger partial charge is 0.0453 e. The molecule has 1 unspecified atom stereocenters. The van der Waals surface area contributed by atoms with Crippen LogP contribution in [0.15, 0.2) is 45.3 Å². The Balaban J connectivity index is 2.25. The normalized spacial score (nSPS) is 12.5. The van der Waals surface area contributed by atoms with Gasteiger partial charge in [-0.3, -0.25) is 0 Å². The van der Waals surface area contributed by atoms with Gasteiger partial charge in [-0.1, -0.05) is 61.1 Å². The van der Waals surface area contributed by atoms with E-state index in [0.29, 0.717) is 16.5 Å². The Morgan fingerprint density at radius 3 is 2.47 bits per heavy atom. The summed E-state index contributed by atoms with van der Waals surface area (Å²) in [5.74, 6) is 0. The second-order valence-corrected chi connectivity index (χ2v) is 6.83. The van der Waals surface area contributed by atoms with Gasteiger partial charge >= 0.3 is 0 Å². The van der Waals surface area contributed by atoms with E-state index in [1.165, 1.54) is 0 Å². The van der Waals surface area contributed by atoms with Crippen molar-refractivity contribution in [1.29, 1.82) is 0 Å². The molecule has 0 fully saturated rings. The van der Waals surface area contributed by atoms with Crippen LogP contribution in [0.1, 0.15) is 17.2 Å². The van der Waals surface area contributed by atoms with E-state index in [9.17, 15) is 0 Å². The Labute approximate surface area is 139 Å². The van der Waals surface area contributed by atoms with E-state index in [1.807, 2.05) is 30.3 Å².